The van der Waals surface area contributed by atoms with Crippen LogP contribution in [0, 0.1) is 6.92 Å². The first kappa shape index (κ1) is 8.52. The van der Waals surface area contributed by atoms with Crippen molar-refractivity contribution in [3.8, 4) is 0 Å². The third-order valence-corrected chi connectivity index (χ3v) is 1.62. The summed E-state index contributed by atoms with van der Waals surface area (Å²) in [7, 11) is -1.55. The van der Waals surface area contributed by atoms with Gasteiger partial charge in [-0.2, -0.15) is 0 Å². The molecule has 0 amide bonds. The fourth-order valence-corrected chi connectivity index (χ4v) is 1.03. The van der Waals surface area contributed by atoms with Gasteiger partial charge in [-0.15, -0.1) is 0 Å². The van der Waals surface area contributed by atoms with Crippen LogP contribution in [0.2, 0.25) is 5.02 Å². The van der Waals surface area contributed by atoms with E-state index in [0.29, 0.717) is 5.02 Å². The average Bonchev–Trinajstić information content (AvgIpc) is 1.85. The van der Waals surface area contributed by atoms with Gasteiger partial charge in [0.2, 0.25) is 0 Å². The van der Waals surface area contributed by atoms with Gasteiger partial charge in [-0.1, -0.05) is 11.6 Å². The normalized spacial score (nSPS) is 9.82. The van der Waals surface area contributed by atoms with Crippen molar-refractivity contribution in [2.24, 2.45) is 0 Å². The molecular weight excluding hydrogens is 164 g/mol. The van der Waals surface area contributed by atoms with E-state index < -0.39 is 7.12 Å². The van der Waals surface area contributed by atoms with Gasteiger partial charge >= 0.3 is 7.12 Å². The molecule has 0 atom stereocenters. The van der Waals surface area contributed by atoms with Crippen LogP contribution in [0.25, 0.3) is 0 Å². The fourth-order valence-electron chi connectivity index (χ4n) is 0.727. The number of rotatable bonds is 1. The summed E-state index contributed by atoms with van der Waals surface area (Å²) in [6, 6.07) is 1.58. The first-order chi connectivity index (χ1) is 5.11. The lowest BCUT2D eigenvalue weighted by Gasteiger charge is -2.01. The lowest BCUT2D eigenvalue weighted by Crippen LogP contribution is -2.31. The van der Waals surface area contributed by atoms with E-state index in [4.69, 9.17) is 21.6 Å². The zero-order valence-electron chi connectivity index (χ0n) is 5.95. The van der Waals surface area contributed by atoms with Crippen LogP contribution in [0.15, 0.2) is 12.3 Å². The number of pyridine rings is 1. The smallest absolute Gasteiger partial charge is 0.423 e. The summed E-state index contributed by atoms with van der Waals surface area (Å²) in [4.78, 5) is 3.86. The highest BCUT2D eigenvalue weighted by molar-refractivity contribution is 6.62. The second kappa shape index (κ2) is 3.22. The van der Waals surface area contributed by atoms with E-state index >= 15 is 0 Å². The van der Waals surface area contributed by atoms with Gasteiger partial charge in [0.15, 0.2) is 0 Å². The number of aromatic nitrogens is 1. The van der Waals surface area contributed by atoms with Crippen molar-refractivity contribution in [2.45, 2.75) is 6.92 Å². The number of aryl methyl sites for hydroxylation is 1. The van der Waals surface area contributed by atoms with Gasteiger partial charge in [-0.05, 0) is 13.0 Å². The molecule has 3 nitrogen and oxygen atoms in total. The van der Waals surface area contributed by atoms with Gasteiger partial charge in [0.1, 0.15) is 0 Å². The van der Waals surface area contributed by atoms with Crippen LogP contribution in [-0.2, 0) is 0 Å². The number of hydrogen-bond donors (Lipinski definition) is 2. The van der Waals surface area contributed by atoms with Crippen molar-refractivity contribution in [1.29, 1.82) is 0 Å². The maximum atomic E-state index is 8.73. The first-order valence-electron chi connectivity index (χ1n) is 3.09. The number of halogens is 1. The molecule has 0 bridgehead atoms. The van der Waals surface area contributed by atoms with E-state index in [1.54, 1.807) is 13.0 Å². The summed E-state index contributed by atoms with van der Waals surface area (Å²) in [6.07, 6.45) is 1.35. The molecule has 2 N–H and O–H groups in total. The zero-order valence-corrected chi connectivity index (χ0v) is 6.71. The molecule has 11 heavy (non-hydrogen) atoms. The second-order valence-corrected chi connectivity index (χ2v) is 2.63. The molecular formula is C6H7BClNO2. The maximum Gasteiger partial charge on any atom is 0.491 e. The van der Waals surface area contributed by atoms with Gasteiger partial charge in [0.25, 0.3) is 0 Å². The predicted octanol–water partition coefficient (Wildman–Crippen LogP) is -0.277. The molecule has 0 aromatic carbocycles. The monoisotopic (exact) mass is 171 g/mol. The van der Waals surface area contributed by atoms with Crippen molar-refractivity contribution in [3.05, 3.63) is 23.0 Å². The van der Waals surface area contributed by atoms with Gasteiger partial charge in [0.05, 0.1) is 0 Å². The standard InChI is InChI=1S/C6H7BClNO2/c1-4-2-6(8)5(3-9-4)7(10)11/h2-3,10-11H,1H3. The molecule has 1 heterocycles. The van der Waals surface area contributed by atoms with Crippen LogP contribution in [0.4, 0.5) is 0 Å². The molecule has 0 aliphatic rings. The Kier molecular flexibility index (Phi) is 2.49. The van der Waals surface area contributed by atoms with Crippen LogP contribution in [0.1, 0.15) is 5.69 Å². The Labute approximate surface area is 69.8 Å². The molecule has 0 fully saturated rings. The lowest BCUT2D eigenvalue weighted by molar-refractivity contribution is 0.425. The van der Waals surface area contributed by atoms with Crippen molar-refractivity contribution >= 4 is 24.2 Å². The third kappa shape index (κ3) is 1.93. The minimum atomic E-state index is -1.55. The van der Waals surface area contributed by atoms with E-state index in [9.17, 15) is 0 Å². The summed E-state index contributed by atoms with van der Waals surface area (Å²) in [5.41, 5.74) is 0.983. The summed E-state index contributed by atoms with van der Waals surface area (Å²) in [5, 5.41) is 17.8. The first-order valence-corrected chi connectivity index (χ1v) is 3.47. The summed E-state index contributed by atoms with van der Waals surface area (Å²) < 4.78 is 0. The highest BCUT2D eigenvalue weighted by Crippen LogP contribution is 2.05. The quantitative estimate of drug-likeness (QED) is 0.572. The van der Waals surface area contributed by atoms with Crippen LogP contribution in [-0.4, -0.2) is 22.2 Å². The van der Waals surface area contributed by atoms with E-state index in [1.807, 2.05) is 0 Å². The average molecular weight is 171 g/mol. The van der Waals surface area contributed by atoms with E-state index in [1.165, 1.54) is 6.20 Å². The minimum Gasteiger partial charge on any atom is -0.423 e. The molecule has 5 heteroatoms. The highest BCUT2D eigenvalue weighted by Gasteiger charge is 2.14. The Morgan fingerprint density at radius 1 is 1.55 bits per heavy atom. The third-order valence-electron chi connectivity index (χ3n) is 1.30. The Hall–Kier alpha value is -0.575. The molecule has 0 saturated carbocycles. The molecule has 0 aliphatic carbocycles. The van der Waals surface area contributed by atoms with Crippen molar-refractivity contribution < 1.29 is 10.0 Å². The largest absolute Gasteiger partial charge is 0.491 e. The molecule has 1 aromatic heterocycles. The van der Waals surface area contributed by atoms with Gasteiger partial charge in [0, 0.05) is 22.4 Å². The molecule has 1 rings (SSSR count). The number of nitrogens with zero attached hydrogens (tertiary/aromatic N) is 1. The van der Waals surface area contributed by atoms with E-state index in [0.717, 1.165) is 5.69 Å². The van der Waals surface area contributed by atoms with Crippen molar-refractivity contribution in [3.63, 3.8) is 0 Å². The summed E-state index contributed by atoms with van der Waals surface area (Å²) >= 11 is 5.66. The number of hydrogen-bond acceptors (Lipinski definition) is 3. The summed E-state index contributed by atoms with van der Waals surface area (Å²) in [6.45, 7) is 1.78. The van der Waals surface area contributed by atoms with Crippen LogP contribution in [0.3, 0.4) is 0 Å². The highest BCUT2D eigenvalue weighted by atomic mass is 35.5. The second-order valence-electron chi connectivity index (χ2n) is 2.22. The van der Waals surface area contributed by atoms with Crippen LogP contribution >= 0.6 is 11.6 Å². The Balaban J connectivity index is 3.09. The van der Waals surface area contributed by atoms with Gasteiger partial charge < -0.3 is 10.0 Å². The lowest BCUT2D eigenvalue weighted by atomic mass is 9.81. The minimum absolute atomic E-state index is 0.234. The fraction of sp³-hybridized carbons (Fsp3) is 0.167. The molecule has 0 radical (unpaired) electrons. The molecule has 0 unspecified atom stereocenters. The molecule has 0 aliphatic heterocycles. The zero-order chi connectivity index (χ0) is 8.43. The van der Waals surface area contributed by atoms with Gasteiger partial charge in [-0.25, -0.2) is 0 Å². The van der Waals surface area contributed by atoms with E-state index in [-0.39, 0.29) is 5.46 Å². The predicted molar refractivity (Wildman–Crippen MR) is 43.8 cm³/mol. The van der Waals surface area contributed by atoms with Gasteiger partial charge in [-0.3, -0.25) is 4.98 Å². The molecule has 1 aromatic rings. The Bertz CT molecular complexity index is 267. The summed E-state index contributed by atoms with van der Waals surface area (Å²) in [5.74, 6) is 0. The van der Waals surface area contributed by atoms with Crippen molar-refractivity contribution in [1.82, 2.24) is 4.98 Å². The molecule has 0 spiro atoms. The van der Waals surface area contributed by atoms with E-state index in [2.05, 4.69) is 4.98 Å². The molecule has 0 saturated heterocycles. The Morgan fingerprint density at radius 2 is 2.18 bits per heavy atom. The molecule has 58 valence electrons. The van der Waals surface area contributed by atoms with Crippen molar-refractivity contribution in [2.75, 3.05) is 0 Å². The van der Waals surface area contributed by atoms with Crippen LogP contribution < -0.4 is 5.46 Å². The SMILES string of the molecule is Cc1cc(Cl)c(B(O)O)cn1. The topological polar surface area (TPSA) is 53.4 Å². The van der Waals surface area contributed by atoms with Crippen LogP contribution in [0.5, 0.6) is 0 Å². The maximum absolute atomic E-state index is 8.73. The Morgan fingerprint density at radius 3 is 2.64 bits per heavy atom.